The van der Waals surface area contributed by atoms with E-state index in [1.807, 2.05) is 0 Å². The van der Waals surface area contributed by atoms with Gasteiger partial charge in [0.15, 0.2) is 9.84 Å². The van der Waals surface area contributed by atoms with Crippen molar-refractivity contribution in [1.82, 2.24) is 9.97 Å². The van der Waals surface area contributed by atoms with Gasteiger partial charge in [0.1, 0.15) is 17.9 Å². The van der Waals surface area contributed by atoms with E-state index in [1.165, 1.54) is 6.07 Å². The van der Waals surface area contributed by atoms with Gasteiger partial charge in [0.05, 0.1) is 26.7 Å². The van der Waals surface area contributed by atoms with Gasteiger partial charge in [-0.15, -0.1) is 0 Å². The van der Waals surface area contributed by atoms with Crippen LogP contribution in [0.15, 0.2) is 65.6 Å². The van der Waals surface area contributed by atoms with Crippen molar-refractivity contribution in [2.75, 3.05) is 5.75 Å². The molecular weight excluding hydrogens is 522 g/mol. The molecule has 0 amide bonds. The van der Waals surface area contributed by atoms with Crippen LogP contribution in [-0.4, -0.2) is 37.0 Å². The van der Waals surface area contributed by atoms with E-state index in [0.717, 1.165) is 24.7 Å². The number of fused-ring (bicyclic) bond motifs is 1. The number of carbonyl (C=O) groups excluding carboxylic acids is 1. The zero-order valence-corrected chi connectivity index (χ0v) is 21.1. The third-order valence-electron chi connectivity index (χ3n) is 6.44. The molecule has 1 fully saturated rings. The van der Waals surface area contributed by atoms with Crippen molar-refractivity contribution < 1.29 is 26.7 Å². The van der Waals surface area contributed by atoms with E-state index in [4.69, 9.17) is 11.6 Å². The summed E-state index contributed by atoms with van der Waals surface area (Å²) >= 11 is 6.51. The van der Waals surface area contributed by atoms with Crippen LogP contribution < -0.4 is 4.74 Å². The predicted molar refractivity (Wildman–Crippen MR) is 137 cm³/mol. The molecule has 4 aromatic rings. The van der Waals surface area contributed by atoms with Crippen LogP contribution in [0.4, 0.5) is 8.78 Å². The van der Waals surface area contributed by atoms with Crippen LogP contribution in [0.2, 0.25) is 5.02 Å². The molecule has 1 atom stereocenters. The summed E-state index contributed by atoms with van der Waals surface area (Å²) in [6.45, 7) is -2.99. The monoisotopic (exact) mass is 544 g/mol. The molecule has 0 unspecified atom stereocenters. The number of carbonyl (C=O) groups is 1. The van der Waals surface area contributed by atoms with Gasteiger partial charge in [0.2, 0.25) is 0 Å². The number of benzene rings is 3. The van der Waals surface area contributed by atoms with Crippen LogP contribution in [0.25, 0.3) is 22.2 Å². The van der Waals surface area contributed by atoms with Gasteiger partial charge in [-0.25, -0.2) is 13.4 Å². The second-order valence-corrected chi connectivity index (χ2v) is 11.5. The van der Waals surface area contributed by atoms with Crippen LogP contribution in [0, 0.1) is 5.92 Å². The minimum atomic E-state index is -3.35. The van der Waals surface area contributed by atoms with Crippen LogP contribution in [0.5, 0.6) is 5.75 Å². The van der Waals surface area contributed by atoms with Crippen molar-refractivity contribution in [2.24, 2.45) is 5.92 Å². The van der Waals surface area contributed by atoms with Crippen molar-refractivity contribution in [3.05, 3.63) is 77.1 Å². The average Bonchev–Trinajstić information content (AvgIpc) is 3.57. The molecule has 0 spiro atoms. The highest BCUT2D eigenvalue weighted by atomic mass is 35.5. The van der Waals surface area contributed by atoms with Gasteiger partial charge in [-0.3, -0.25) is 0 Å². The van der Waals surface area contributed by atoms with Crippen molar-refractivity contribution in [3.63, 3.8) is 0 Å². The fourth-order valence-electron chi connectivity index (χ4n) is 4.41. The van der Waals surface area contributed by atoms with Gasteiger partial charge in [-0.05, 0) is 54.7 Å². The zero-order chi connectivity index (χ0) is 26.2. The largest absolute Gasteiger partial charge is 0.434 e. The molecule has 1 saturated carbocycles. The minimum Gasteiger partial charge on any atom is -0.434 e. The number of rotatable bonds is 10. The SMILES string of the molecule is O=CC[C@H](c1ccc(S(=O)(=O)CC2CC2)cc1)c1nc2cc(-c3ccccc3OC(F)F)c(Cl)cc2[nH]1. The Labute approximate surface area is 217 Å². The number of nitrogens with zero attached hydrogens (tertiary/aromatic N) is 1. The summed E-state index contributed by atoms with van der Waals surface area (Å²) in [6, 6.07) is 16.2. The molecule has 37 heavy (non-hydrogen) atoms. The second-order valence-electron chi connectivity index (χ2n) is 9.09. The molecule has 3 aromatic carbocycles. The fraction of sp³-hybridized carbons (Fsp3) is 0.259. The molecule has 0 saturated heterocycles. The quantitative estimate of drug-likeness (QED) is 0.234. The van der Waals surface area contributed by atoms with Gasteiger partial charge >= 0.3 is 6.61 Å². The number of aldehydes is 1. The summed E-state index contributed by atoms with van der Waals surface area (Å²) in [5, 5.41) is 0.310. The molecule has 5 rings (SSSR count). The van der Waals surface area contributed by atoms with E-state index in [9.17, 15) is 22.0 Å². The lowest BCUT2D eigenvalue weighted by molar-refractivity contribution is -0.108. The smallest absolute Gasteiger partial charge is 0.387 e. The second kappa shape index (κ2) is 10.2. The summed E-state index contributed by atoms with van der Waals surface area (Å²) in [5.74, 6) is 0.448. The predicted octanol–water partition coefficient (Wildman–Crippen LogP) is 6.39. The molecule has 1 N–H and O–H groups in total. The molecule has 1 heterocycles. The van der Waals surface area contributed by atoms with Gasteiger partial charge in [-0.1, -0.05) is 41.9 Å². The Balaban J connectivity index is 1.49. The third kappa shape index (κ3) is 5.52. The number of hydrogen-bond donors (Lipinski definition) is 1. The van der Waals surface area contributed by atoms with Gasteiger partial charge in [-0.2, -0.15) is 8.78 Å². The molecular formula is C27H23ClF2N2O4S. The Morgan fingerprint density at radius 1 is 1.08 bits per heavy atom. The van der Waals surface area contributed by atoms with E-state index in [2.05, 4.69) is 14.7 Å². The molecule has 1 aromatic heterocycles. The normalized spacial score (nSPS) is 14.7. The number of halogens is 3. The van der Waals surface area contributed by atoms with Gasteiger partial charge in [0.25, 0.3) is 0 Å². The number of aromatic nitrogens is 2. The van der Waals surface area contributed by atoms with E-state index < -0.39 is 22.4 Å². The lowest BCUT2D eigenvalue weighted by Gasteiger charge is -2.13. The summed E-state index contributed by atoms with van der Waals surface area (Å²) in [4.78, 5) is 19.6. The molecule has 0 radical (unpaired) electrons. The first-order valence-corrected chi connectivity index (χ1v) is 13.8. The maximum atomic E-state index is 12.9. The fourth-order valence-corrected chi connectivity index (χ4v) is 6.37. The van der Waals surface area contributed by atoms with E-state index in [-0.39, 0.29) is 28.7 Å². The van der Waals surface area contributed by atoms with E-state index in [0.29, 0.717) is 33.0 Å². The highest BCUT2D eigenvalue weighted by molar-refractivity contribution is 7.91. The Morgan fingerprint density at radius 2 is 1.81 bits per heavy atom. The van der Waals surface area contributed by atoms with Crippen LogP contribution >= 0.6 is 11.6 Å². The summed E-state index contributed by atoms with van der Waals surface area (Å²) in [6.07, 6.45) is 2.80. The molecule has 6 nitrogen and oxygen atoms in total. The van der Waals surface area contributed by atoms with Crippen molar-refractivity contribution in [1.29, 1.82) is 0 Å². The number of para-hydroxylation sites is 1. The number of sulfone groups is 1. The van der Waals surface area contributed by atoms with Crippen LogP contribution in [0.1, 0.15) is 36.6 Å². The number of ether oxygens (including phenoxy) is 1. The average molecular weight is 545 g/mol. The van der Waals surface area contributed by atoms with Crippen molar-refractivity contribution >= 4 is 38.8 Å². The number of hydrogen-bond acceptors (Lipinski definition) is 5. The number of alkyl halides is 2. The van der Waals surface area contributed by atoms with Crippen LogP contribution in [0.3, 0.4) is 0 Å². The lowest BCUT2D eigenvalue weighted by Crippen LogP contribution is -2.09. The Kier molecular flexibility index (Phi) is 7.00. The first-order chi connectivity index (χ1) is 17.7. The highest BCUT2D eigenvalue weighted by Crippen LogP contribution is 2.38. The van der Waals surface area contributed by atoms with Crippen molar-refractivity contribution in [2.45, 2.75) is 36.7 Å². The topological polar surface area (TPSA) is 89.1 Å². The lowest BCUT2D eigenvalue weighted by atomic mass is 9.96. The standard InChI is InChI=1S/C27H23ClF2N2O4S/c28-22-14-24-23(13-21(22)20-3-1-2-4-25(20)36-27(29)30)31-26(32-24)19(11-12-33)17-7-9-18(10-8-17)37(34,35)15-16-5-6-16/h1-4,7-10,12-14,16,19,27H,5-6,11,15H2,(H,31,32)/t19-/m1/s1. The van der Waals surface area contributed by atoms with Crippen LogP contribution in [-0.2, 0) is 14.6 Å². The van der Waals surface area contributed by atoms with Gasteiger partial charge < -0.3 is 14.5 Å². The minimum absolute atomic E-state index is 0.00920. The maximum Gasteiger partial charge on any atom is 0.387 e. The van der Waals surface area contributed by atoms with E-state index >= 15 is 0 Å². The Hall–Kier alpha value is -3.30. The molecule has 0 aliphatic heterocycles. The summed E-state index contributed by atoms with van der Waals surface area (Å²) < 4.78 is 55.7. The molecule has 1 aliphatic rings. The Morgan fingerprint density at radius 3 is 2.49 bits per heavy atom. The van der Waals surface area contributed by atoms with Gasteiger partial charge in [0, 0.05) is 23.5 Å². The maximum absolute atomic E-state index is 12.9. The number of aromatic amines is 1. The number of imidazole rings is 1. The highest BCUT2D eigenvalue weighted by Gasteiger charge is 2.29. The first kappa shape index (κ1) is 25.4. The van der Waals surface area contributed by atoms with Crippen molar-refractivity contribution in [3.8, 4) is 16.9 Å². The molecule has 1 aliphatic carbocycles. The number of H-pyrrole nitrogens is 1. The van der Waals surface area contributed by atoms with E-state index in [1.54, 1.807) is 54.6 Å². The molecule has 0 bridgehead atoms. The third-order valence-corrected chi connectivity index (χ3v) is 8.65. The molecule has 10 heteroatoms. The number of nitrogens with one attached hydrogen (secondary N) is 1. The summed E-state index contributed by atoms with van der Waals surface area (Å²) in [5.41, 5.74) is 2.74. The first-order valence-electron chi connectivity index (χ1n) is 11.7. The zero-order valence-electron chi connectivity index (χ0n) is 19.5. The Bertz CT molecular complexity index is 1550. The summed E-state index contributed by atoms with van der Waals surface area (Å²) in [7, 11) is -3.35. The molecule has 192 valence electrons.